The number of ether oxygens (including phenoxy) is 1. The number of fused-ring (bicyclic) bond motifs is 3. The van der Waals surface area contributed by atoms with Crippen molar-refractivity contribution in [2.45, 2.75) is 0 Å². The molecular weight excluding hydrogens is 288 g/mol. The molecule has 3 heteroatoms. The van der Waals surface area contributed by atoms with Crippen molar-refractivity contribution < 1.29 is 9.15 Å². The van der Waals surface area contributed by atoms with E-state index in [4.69, 9.17) is 9.15 Å². The highest BCUT2D eigenvalue weighted by Gasteiger charge is 2.18. The molecule has 112 valence electrons. The lowest BCUT2D eigenvalue weighted by molar-refractivity contribution is 0.415. The molecular formula is C20H14O3. The second-order valence-electron chi connectivity index (χ2n) is 5.33. The van der Waals surface area contributed by atoms with Crippen LogP contribution in [0.3, 0.4) is 0 Å². The standard InChI is InChI=1S/C20H14O3/c1-22-19-16-12-11-13-7-5-6-10-15(13)18(16)23-20(21)17(19)14-8-3-2-4-9-14/h2-12H,1H3. The first-order chi connectivity index (χ1) is 11.3. The summed E-state index contributed by atoms with van der Waals surface area (Å²) in [5.74, 6) is 0.549. The van der Waals surface area contributed by atoms with Crippen LogP contribution in [0.5, 0.6) is 5.75 Å². The van der Waals surface area contributed by atoms with Crippen LogP contribution in [0.25, 0.3) is 32.9 Å². The molecule has 3 aromatic carbocycles. The summed E-state index contributed by atoms with van der Waals surface area (Å²) in [4.78, 5) is 12.6. The van der Waals surface area contributed by atoms with Gasteiger partial charge in [0.1, 0.15) is 16.9 Å². The summed E-state index contributed by atoms with van der Waals surface area (Å²) in [6.45, 7) is 0. The van der Waals surface area contributed by atoms with Gasteiger partial charge in [0.15, 0.2) is 0 Å². The highest BCUT2D eigenvalue weighted by molar-refractivity contribution is 6.07. The molecule has 0 unspecified atom stereocenters. The van der Waals surface area contributed by atoms with Crippen molar-refractivity contribution in [3.8, 4) is 16.9 Å². The van der Waals surface area contributed by atoms with E-state index in [0.29, 0.717) is 16.9 Å². The zero-order valence-electron chi connectivity index (χ0n) is 12.6. The van der Waals surface area contributed by atoms with E-state index in [9.17, 15) is 4.79 Å². The van der Waals surface area contributed by atoms with Crippen LogP contribution in [0.4, 0.5) is 0 Å². The second-order valence-corrected chi connectivity index (χ2v) is 5.33. The Kier molecular flexibility index (Phi) is 3.12. The highest BCUT2D eigenvalue weighted by atomic mass is 16.5. The average Bonchev–Trinajstić information content (AvgIpc) is 2.61. The van der Waals surface area contributed by atoms with Gasteiger partial charge in [-0.15, -0.1) is 0 Å². The van der Waals surface area contributed by atoms with Gasteiger partial charge in [-0.2, -0.15) is 0 Å². The van der Waals surface area contributed by atoms with Crippen molar-refractivity contribution in [3.63, 3.8) is 0 Å². The van der Waals surface area contributed by atoms with Gasteiger partial charge in [-0.3, -0.25) is 0 Å². The summed E-state index contributed by atoms with van der Waals surface area (Å²) in [5.41, 5.74) is 1.41. The predicted octanol–water partition coefficient (Wildman–Crippen LogP) is 4.62. The third-order valence-corrected chi connectivity index (χ3v) is 4.02. The molecule has 0 aliphatic rings. The fourth-order valence-electron chi connectivity index (χ4n) is 2.97. The van der Waals surface area contributed by atoms with Gasteiger partial charge in [0.25, 0.3) is 0 Å². The maximum atomic E-state index is 12.6. The fraction of sp³-hybridized carbons (Fsp3) is 0.0500. The number of hydrogen-bond donors (Lipinski definition) is 0. The van der Waals surface area contributed by atoms with Gasteiger partial charge in [0.05, 0.1) is 12.5 Å². The molecule has 0 aliphatic heterocycles. The third kappa shape index (κ3) is 2.09. The fourth-order valence-corrected chi connectivity index (χ4v) is 2.97. The summed E-state index contributed by atoms with van der Waals surface area (Å²) in [7, 11) is 1.58. The van der Waals surface area contributed by atoms with E-state index in [1.54, 1.807) is 7.11 Å². The molecule has 0 spiro atoms. The molecule has 0 N–H and O–H groups in total. The maximum Gasteiger partial charge on any atom is 0.348 e. The molecule has 0 radical (unpaired) electrons. The van der Waals surface area contributed by atoms with Gasteiger partial charge in [-0.05, 0) is 17.0 Å². The second kappa shape index (κ2) is 5.29. The lowest BCUT2D eigenvalue weighted by Gasteiger charge is -2.11. The molecule has 0 saturated carbocycles. The zero-order chi connectivity index (χ0) is 15.8. The van der Waals surface area contributed by atoms with Crippen LogP contribution in [0.2, 0.25) is 0 Å². The summed E-state index contributed by atoms with van der Waals surface area (Å²) in [6, 6.07) is 21.2. The van der Waals surface area contributed by atoms with Gasteiger partial charge in [-0.1, -0.05) is 60.7 Å². The van der Waals surface area contributed by atoms with Gasteiger partial charge in [0, 0.05) is 5.39 Å². The first-order valence-electron chi connectivity index (χ1n) is 7.37. The first kappa shape index (κ1) is 13.6. The Labute approximate surface area is 132 Å². The van der Waals surface area contributed by atoms with Crippen LogP contribution in [-0.4, -0.2) is 7.11 Å². The molecule has 0 amide bonds. The van der Waals surface area contributed by atoms with Crippen LogP contribution in [0, 0.1) is 0 Å². The smallest absolute Gasteiger partial charge is 0.348 e. The van der Waals surface area contributed by atoms with Crippen LogP contribution in [0.15, 0.2) is 75.9 Å². The normalized spacial score (nSPS) is 11.0. The van der Waals surface area contributed by atoms with Crippen LogP contribution in [0.1, 0.15) is 0 Å². The number of hydrogen-bond acceptors (Lipinski definition) is 3. The quantitative estimate of drug-likeness (QED) is 0.400. The molecule has 0 saturated heterocycles. The van der Waals surface area contributed by atoms with E-state index >= 15 is 0 Å². The molecule has 1 aromatic heterocycles. The lowest BCUT2D eigenvalue weighted by atomic mass is 10.0. The number of methoxy groups -OCH3 is 1. The Morgan fingerprint density at radius 1 is 0.826 bits per heavy atom. The number of benzene rings is 3. The van der Waals surface area contributed by atoms with Crippen LogP contribution < -0.4 is 10.4 Å². The van der Waals surface area contributed by atoms with Crippen molar-refractivity contribution in [1.82, 2.24) is 0 Å². The topological polar surface area (TPSA) is 39.4 Å². The highest BCUT2D eigenvalue weighted by Crippen LogP contribution is 2.36. The van der Waals surface area contributed by atoms with Gasteiger partial charge in [-0.25, -0.2) is 4.79 Å². The first-order valence-corrected chi connectivity index (χ1v) is 7.37. The molecule has 1 heterocycles. The van der Waals surface area contributed by atoms with Crippen molar-refractivity contribution in [2.75, 3.05) is 7.11 Å². The molecule has 4 aromatic rings. The molecule has 0 fully saturated rings. The van der Waals surface area contributed by atoms with Gasteiger partial charge in [0.2, 0.25) is 0 Å². The van der Waals surface area contributed by atoms with Crippen molar-refractivity contribution in [1.29, 1.82) is 0 Å². The van der Waals surface area contributed by atoms with E-state index in [1.165, 1.54) is 0 Å². The zero-order valence-corrected chi connectivity index (χ0v) is 12.6. The molecule has 23 heavy (non-hydrogen) atoms. The summed E-state index contributed by atoms with van der Waals surface area (Å²) < 4.78 is 11.3. The SMILES string of the molecule is COc1c(-c2ccccc2)c(=O)oc2c1ccc1ccccc12. The van der Waals surface area contributed by atoms with E-state index in [1.807, 2.05) is 66.7 Å². The Bertz CT molecular complexity index is 1060. The Hall–Kier alpha value is -3.07. The number of rotatable bonds is 2. The molecule has 0 aliphatic carbocycles. The molecule has 0 atom stereocenters. The largest absolute Gasteiger partial charge is 0.495 e. The van der Waals surface area contributed by atoms with Crippen molar-refractivity contribution in [3.05, 3.63) is 77.2 Å². The van der Waals surface area contributed by atoms with Crippen LogP contribution >= 0.6 is 0 Å². The average molecular weight is 302 g/mol. The third-order valence-electron chi connectivity index (χ3n) is 4.02. The minimum absolute atomic E-state index is 0.392. The summed E-state index contributed by atoms with van der Waals surface area (Å²) in [5, 5.41) is 2.72. The van der Waals surface area contributed by atoms with Gasteiger partial charge >= 0.3 is 5.63 Å². The minimum Gasteiger partial charge on any atom is -0.495 e. The van der Waals surface area contributed by atoms with Gasteiger partial charge < -0.3 is 9.15 Å². The Morgan fingerprint density at radius 2 is 1.57 bits per heavy atom. The predicted molar refractivity (Wildman–Crippen MR) is 92.0 cm³/mol. The monoisotopic (exact) mass is 302 g/mol. The van der Waals surface area contributed by atoms with E-state index in [2.05, 4.69) is 0 Å². The minimum atomic E-state index is -0.392. The molecule has 3 nitrogen and oxygen atoms in total. The summed E-state index contributed by atoms with van der Waals surface area (Å²) in [6.07, 6.45) is 0. The Morgan fingerprint density at radius 3 is 2.35 bits per heavy atom. The summed E-state index contributed by atoms with van der Waals surface area (Å²) >= 11 is 0. The maximum absolute atomic E-state index is 12.6. The Balaban J connectivity index is 2.17. The van der Waals surface area contributed by atoms with E-state index in [-0.39, 0.29) is 0 Å². The molecule has 4 rings (SSSR count). The molecule has 0 bridgehead atoms. The van der Waals surface area contributed by atoms with E-state index < -0.39 is 5.63 Å². The van der Waals surface area contributed by atoms with Crippen molar-refractivity contribution >= 4 is 21.7 Å². The lowest BCUT2D eigenvalue weighted by Crippen LogP contribution is -2.06. The van der Waals surface area contributed by atoms with Crippen molar-refractivity contribution in [2.24, 2.45) is 0 Å². The van der Waals surface area contributed by atoms with Crippen LogP contribution in [-0.2, 0) is 0 Å². The van der Waals surface area contributed by atoms with E-state index in [0.717, 1.165) is 21.7 Å².